The number of hydrogen-bond acceptors (Lipinski definition) is 3. The number of carbonyl (C=O) groups is 1. The van der Waals surface area contributed by atoms with Gasteiger partial charge in [0.2, 0.25) is 5.91 Å². The van der Waals surface area contributed by atoms with Crippen LogP contribution in [0.25, 0.3) is 0 Å². The van der Waals surface area contributed by atoms with Gasteiger partial charge in [0.05, 0.1) is 0 Å². The summed E-state index contributed by atoms with van der Waals surface area (Å²) in [6, 6.07) is 5.85. The summed E-state index contributed by atoms with van der Waals surface area (Å²) >= 11 is 0. The lowest BCUT2D eigenvalue weighted by molar-refractivity contribution is -0.122. The fourth-order valence-electron chi connectivity index (χ4n) is 1.51. The molecule has 1 aromatic rings. The lowest BCUT2D eigenvalue weighted by Crippen LogP contribution is -2.29. The van der Waals surface area contributed by atoms with E-state index in [9.17, 15) is 4.79 Å². The summed E-state index contributed by atoms with van der Waals surface area (Å²) in [4.78, 5) is 15.6. The van der Waals surface area contributed by atoms with Crippen LogP contribution in [0.1, 0.15) is 18.5 Å². The van der Waals surface area contributed by atoms with E-state index in [1.165, 1.54) is 0 Å². The van der Waals surface area contributed by atoms with E-state index in [1.807, 2.05) is 25.1 Å². The summed E-state index contributed by atoms with van der Waals surface area (Å²) in [6.07, 6.45) is 2.11. The molecule has 0 aliphatic heterocycles. The molecule has 4 heteroatoms. The molecule has 1 aliphatic carbocycles. The number of aryl methyl sites for hydroxylation is 1. The van der Waals surface area contributed by atoms with Crippen molar-refractivity contribution in [3.8, 4) is 0 Å². The number of aromatic nitrogens is 1. The fourth-order valence-corrected chi connectivity index (χ4v) is 1.51. The summed E-state index contributed by atoms with van der Waals surface area (Å²) in [6.45, 7) is 3.33. The lowest BCUT2D eigenvalue weighted by Gasteiger charge is -2.07. The minimum Gasteiger partial charge on any atom is -0.368 e. The molecule has 1 fully saturated rings. The summed E-state index contributed by atoms with van der Waals surface area (Å²) in [5.41, 5.74) is 0.993. The molecular weight excluding hydrogens is 202 g/mol. The molecular formula is C12H17N3O. The highest BCUT2D eigenvalue weighted by molar-refractivity contribution is 5.80. The van der Waals surface area contributed by atoms with Crippen molar-refractivity contribution in [2.45, 2.75) is 19.8 Å². The maximum Gasteiger partial charge on any atom is 0.223 e. The van der Waals surface area contributed by atoms with Crippen LogP contribution in [0, 0.1) is 12.8 Å². The zero-order chi connectivity index (χ0) is 11.4. The second-order valence-electron chi connectivity index (χ2n) is 4.16. The van der Waals surface area contributed by atoms with E-state index in [1.54, 1.807) is 0 Å². The third-order valence-electron chi connectivity index (χ3n) is 2.57. The fraction of sp³-hybridized carbons (Fsp3) is 0.500. The number of nitrogens with one attached hydrogen (secondary N) is 2. The Kier molecular flexibility index (Phi) is 3.39. The lowest BCUT2D eigenvalue weighted by atomic mass is 10.3. The maximum absolute atomic E-state index is 11.3. The standard InChI is InChI=1S/C12H17N3O/c1-9-3-2-4-11(15-9)13-7-8-14-12(16)10-5-6-10/h2-4,10H,5-8H2,1H3,(H,13,15)(H,14,16). The minimum absolute atomic E-state index is 0.194. The molecule has 2 rings (SSSR count). The number of hydrogen-bond donors (Lipinski definition) is 2. The van der Waals surface area contributed by atoms with Crippen LogP contribution in [-0.2, 0) is 4.79 Å². The summed E-state index contributed by atoms with van der Waals surface area (Å²) in [7, 11) is 0. The highest BCUT2D eigenvalue weighted by atomic mass is 16.2. The van der Waals surface area contributed by atoms with Crippen molar-refractivity contribution in [3.05, 3.63) is 23.9 Å². The first-order chi connectivity index (χ1) is 7.75. The van der Waals surface area contributed by atoms with Gasteiger partial charge in [-0.1, -0.05) is 6.07 Å². The summed E-state index contributed by atoms with van der Waals surface area (Å²) in [5, 5.41) is 6.07. The molecule has 0 bridgehead atoms. The van der Waals surface area contributed by atoms with Crippen LogP contribution in [0.5, 0.6) is 0 Å². The second kappa shape index (κ2) is 4.96. The van der Waals surface area contributed by atoms with Crippen LogP contribution in [0.15, 0.2) is 18.2 Å². The molecule has 16 heavy (non-hydrogen) atoms. The van der Waals surface area contributed by atoms with Crippen LogP contribution in [0.2, 0.25) is 0 Å². The smallest absolute Gasteiger partial charge is 0.223 e. The van der Waals surface area contributed by atoms with Gasteiger partial charge in [-0.05, 0) is 31.9 Å². The molecule has 0 radical (unpaired) electrons. The Balaban J connectivity index is 1.65. The molecule has 1 saturated carbocycles. The van der Waals surface area contributed by atoms with Crippen molar-refractivity contribution >= 4 is 11.7 Å². The van der Waals surface area contributed by atoms with Crippen molar-refractivity contribution < 1.29 is 4.79 Å². The first-order valence-corrected chi connectivity index (χ1v) is 5.71. The van der Waals surface area contributed by atoms with Gasteiger partial charge in [0.15, 0.2) is 0 Å². The number of amides is 1. The molecule has 86 valence electrons. The third-order valence-corrected chi connectivity index (χ3v) is 2.57. The molecule has 0 atom stereocenters. The molecule has 0 aromatic carbocycles. The van der Waals surface area contributed by atoms with Crippen LogP contribution >= 0.6 is 0 Å². The third kappa shape index (κ3) is 3.22. The van der Waals surface area contributed by atoms with E-state index in [-0.39, 0.29) is 11.8 Å². The maximum atomic E-state index is 11.3. The van der Waals surface area contributed by atoms with Crippen LogP contribution in [0.4, 0.5) is 5.82 Å². The van der Waals surface area contributed by atoms with Gasteiger partial charge in [0.25, 0.3) is 0 Å². The average molecular weight is 219 g/mol. The van der Waals surface area contributed by atoms with Gasteiger partial charge in [-0.3, -0.25) is 4.79 Å². The van der Waals surface area contributed by atoms with Crippen LogP contribution in [0.3, 0.4) is 0 Å². The van der Waals surface area contributed by atoms with Gasteiger partial charge in [-0.25, -0.2) is 4.98 Å². The molecule has 1 amide bonds. The number of rotatable bonds is 5. The van der Waals surface area contributed by atoms with Crippen molar-refractivity contribution in [1.82, 2.24) is 10.3 Å². The Labute approximate surface area is 95.5 Å². The molecule has 1 aromatic heterocycles. The monoisotopic (exact) mass is 219 g/mol. The molecule has 0 spiro atoms. The van der Waals surface area contributed by atoms with E-state index in [0.29, 0.717) is 6.54 Å². The SMILES string of the molecule is Cc1cccc(NCCNC(=O)C2CC2)n1. The largest absolute Gasteiger partial charge is 0.368 e. The van der Waals surface area contributed by atoms with Gasteiger partial charge in [0, 0.05) is 24.7 Å². The zero-order valence-corrected chi connectivity index (χ0v) is 9.49. The Morgan fingerprint density at radius 3 is 2.94 bits per heavy atom. The summed E-state index contributed by atoms with van der Waals surface area (Å²) in [5.74, 6) is 1.34. The van der Waals surface area contributed by atoms with Gasteiger partial charge in [0.1, 0.15) is 5.82 Å². The van der Waals surface area contributed by atoms with Gasteiger partial charge < -0.3 is 10.6 Å². The van der Waals surface area contributed by atoms with Crippen molar-refractivity contribution in [2.75, 3.05) is 18.4 Å². The minimum atomic E-state index is 0.194. The summed E-state index contributed by atoms with van der Waals surface area (Å²) < 4.78 is 0. The van der Waals surface area contributed by atoms with Crippen molar-refractivity contribution in [3.63, 3.8) is 0 Å². The average Bonchev–Trinajstić information content (AvgIpc) is 3.08. The molecule has 1 aliphatic rings. The highest BCUT2D eigenvalue weighted by Crippen LogP contribution is 2.28. The molecule has 2 N–H and O–H groups in total. The van der Waals surface area contributed by atoms with Gasteiger partial charge in [-0.15, -0.1) is 0 Å². The Morgan fingerprint density at radius 1 is 1.44 bits per heavy atom. The van der Waals surface area contributed by atoms with Crippen LogP contribution < -0.4 is 10.6 Å². The molecule has 1 heterocycles. The Morgan fingerprint density at radius 2 is 2.25 bits per heavy atom. The van der Waals surface area contributed by atoms with E-state index in [4.69, 9.17) is 0 Å². The van der Waals surface area contributed by atoms with E-state index < -0.39 is 0 Å². The zero-order valence-electron chi connectivity index (χ0n) is 9.49. The number of pyridine rings is 1. The first kappa shape index (κ1) is 10.9. The van der Waals surface area contributed by atoms with E-state index in [0.717, 1.165) is 30.9 Å². The highest BCUT2D eigenvalue weighted by Gasteiger charge is 2.28. The van der Waals surface area contributed by atoms with E-state index >= 15 is 0 Å². The quantitative estimate of drug-likeness (QED) is 0.734. The predicted octanol–water partition coefficient (Wildman–Crippen LogP) is 1.33. The normalized spacial score (nSPS) is 14.6. The number of carbonyl (C=O) groups excluding carboxylic acids is 1. The Hall–Kier alpha value is -1.58. The molecule has 0 unspecified atom stereocenters. The predicted molar refractivity (Wildman–Crippen MR) is 63.2 cm³/mol. The molecule has 4 nitrogen and oxygen atoms in total. The van der Waals surface area contributed by atoms with Crippen LogP contribution in [-0.4, -0.2) is 24.0 Å². The first-order valence-electron chi connectivity index (χ1n) is 5.71. The molecule has 0 saturated heterocycles. The topological polar surface area (TPSA) is 54.0 Å². The van der Waals surface area contributed by atoms with Crippen molar-refractivity contribution in [1.29, 1.82) is 0 Å². The van der Waals surface area contributed by atoms with E-state index in [2.05, 4.69) is 15.6 Å². The van der Waals surface area contributed by atoms with Crippen molar-refractivity contribution in [2.24, 2.45) is 5.92 Å². The number of anilines is 1. The van der Waals surface area contributed by atoms with Gasteiger partial charge >= 0.3 is 0 Å². The van der Waals surface area contributed by atoms with Gasteiger partial charge in [-0.2, -0.15) is 0 Å². The second-order valence-corrected chi connectivity index (χ2v) is 4.16. The number of nitrogens with zero attached hydrogens (tertiary/aromatic N) is 1. The Bertz CT molecular complexity index is 374.